The molecule has 1 unspecified atom stereocenters. The summed E-state index contributed by atoms with van der Waals surface area (Å²) in [7, 11) is 0. The van der Waals surface area contributed by atoms with Crippen molar-refractivity contribution >= 4 is 0 Å². The quantitative estimate of drug-likeness (QED) is 0.464. The highest BCUT2D eigenvalue weighted by Gasteiger charge is 2.12. The van der Waals surface area contributed by atoms with Crippen LogP contribution in [0.1, 0.15) is 24.6 Å². The maximum absolute atomic E-state index is 5.56. The zero-order chi connectivity index (χ0) is 12.8. The second-order valence-corrected chi connectivity index (χ2v) is 4.11. The molecular weight excluding hydrogens is 224 g/mol. The van der Waals surface area contributed by atoms with Gasteiger partial charge in [0.2, 0.25) is 0 Å². The zero-order valence-electron chi connectivity index (χ0n) is 10.3. The lowest BCUT2D eigenvalue weighted by molar-refractivity contribution is 0.505. The van der Waals surface area contributed by atoms with E-state index in [2.05, 4.69) is 17.1 Å². The van der Waals surface area contributed by atoms with Gasteiger partial charge in [-0.05, 0) is 31.0 Å². The van der Waals surface area contributed by atoms with Crippen molar-refractivity contribution in [3.63, 3.8) is 0 Å². The first-order valence-electron chi connectivity index (χ1n) is 6.03. The maximum atomic E-state index is 5.56. The third-order valence-corrected chi connectivity index (χ3v) is 2.85. The molecule has 0 amide bonds. The second-order valence-electron chi connectivity index (χ2n) is 4.11. The fourth-order valence-electron chi connectivity index (χ4n) is 1.85. The molecule has 0 bridgehead atoms. The largest absolute Gasteiger partial charge is 0.271 e. The van der Waals surface area contributed by atoms with E-state index in [0.717, 1.165) is 24.2 Å². The fourth-order valence-corrected chi connectivity index (χ4v) is 1.85. The number of benzene rings is 1. The van der Waals surface area contributed by atoms with Gasteiger partial charge in [-0.1, -0.05) is 24.3 Å². The minimum Gasteiger partial charge on any atom is -0.271 e. The molecule has 2 rings (SSSR count). The van der Waals surface area contributed by atoms with Crippen LogP contribution < -0.4 is 11.3 Å². The van der Waals surface area contributed by atoms with Gasteiger partial charge in [-0.25, -0.2) is 4.68 Å². The van der Waals surface area contributed by atoms with Crippen LogP contribution in [0.5, 0.6) is 0 Å². The van der Waals surface area contributed by atoms with Crippen LogP contribution in [0.3, 0.4) is 0 Å². The number of nitrogens with two attached hydrogens (primary N) is 1. The molecular formula is C14H18N4. The van der Waals surface area contributed by atoms with E-state index in [1.54, 1.807) is 0 Å². The summed E-state index contributed by atoms with van der Waals surface area (Å²) in [6.07, 6.45) is 5.64. The average molecular weight is 242 g/mol. The molecule has 0 fully saturated rings. The van der Waals surface area contributed by atoms with Crippen LogP contribution in [-0.2, 0) is 0 Å². The van der Waals surface area contributed by atoms with Crippen molar-refractivity contribution in [2.24, 2.45) is 5.84 Å². The van der Waals surface area contributed by atoms with Crippen molar-refractivity contribution in [3.05, 3.63) is 60.9 Å². The second kappa shape index (κ2) is 6.14. The molecule has 4 heteroatoms. The Morgan fingerprint density at radius 1 is 1.33 bits per heavy atom. The average Bonchev–Trinajstić information content (AvgIpc) is 2.90. The van der Waals surface area contributed by atoms with Gasteiger partial charge in [-0.15, -0.1) is 6.58 Å². The Morgan fingerprint density at radius 3 is 2.78 bits per heavy atom. The molecule has 1 atom stereocenters. The van der Waals surface area contributed by atoms with Crippen molar-refractivity contribution in [1.29, 1.82) is 0 Å². The molecule has 0 aliphatic rings. The Labute approximate surface area is 107 Å². The lowest BCUT2D eigenvalue weighted by Gasteiger charge is -2.11. The van der Waals surface area contributed by atoms with Gasteiger partial charge in [0.25, 0.3) is 0 Å². The Bertz CT molecular complexity index is 490. The maximum Gasteiger partial charge on any atom is 0.0812 e. The molecule has 0 aliphatic carbocycles. The number of nitrogens with one attached hydrogen (secondary N) is 1. The van der Waals surface area contributed by atoms with Crippen molar-refractivity contribution in [1.82, 2.24) is 15.2 Å². The minimum atomic E-state index is 0.0629. The highest BCUT2D eigenvalue weighted by molar-refractivity contribution is 5.30. The van der Waals surface area contributed by atoms with Gasteiger partial charge in [0.15, 0.2) is 0 Å². The van der Waals surface area contributed by atoms with E-state index < -0.39 is 0 Å². The summed E-state index contributed by atoms with van der Waals surface area (Å²) in [4.78, 5) is 0. The Kier molecular flexibility index (Phi) is 4.28. The van der Waals surface area contributed by atoms with Crippen LogP contribution in [0, 0.1) is 0 Å². The predicted octanol–water partition coefficient (Wildman–Crippen LogP) is 2.34. The Balaban J connectivity index is 2.16. The molecule has 18 heavy (non-hydrogen) atoms. The smallest absolute Gasteiger partial charge is 0.0812 e. The zero-order valence-corrected chi connectivity index (χ0v) is 10.3. The minimum absolute atomic E-state index is 0.0629. The number of hydrogen-bond donors (Lipinski definition) is 2. The van der Waals surface area contributed by atoms with Gasteiger partial charge >= 0.3 is 0 Å². The highest BCUT2D eigenvalue weighted by atomic mass is 15.3. The van der Waals surface area contributed by atoms with E-state index >= 15 is 0 Å². The van der Waals surface area contributed by atoms with Gasteiger partial charge in [-0.2, -0.15) is 5.10 Å². The number of allylic oxidation sites excluding steroid dienone is 1. The molecule has 1 aromatic heterocycles. The van der Waals surface area contributed by atoms with Crippen LogP contribution in [0.4, 0.5) is 0 Å². The first-order chi connectivity index (χ1) is 8.85. The van der Waals surface area contributed by atoms with Crippen LogP contribution in [0.25, 0.3) is 5.69 Å². The summed E-state index contributed by atoms with van der Waals surface area (Å²) in [5.41, 5.74) is 4.79. The van der Waals surface area contributed by atoms with Gasteiger partial charge in [-0.3, -0.25) is 11.3 Å². The summed E-state index contributed by atoms with van der Waals surface area (Å²) >= 11 is 0. The van der Waals surface area contributed by atoms with Gasteiger partial charge in [0, 0.05) is 6.20 Å². The standard InChI is InChI=1S/C14H18N4/c1-2-3-9-13(16-15)14-10-11-18(17-14)12-7-5-4-6-8-12/h2,4-8,10-11,13,16H,1,3,9,15H2. The van der Waals surface area contributed by atoms with E-state index in [1.807, 2.05) is 53.4 Å². The SMILES string of the molecule is C=CCCC(NN)c1ccn(-c2ccccc2)n1. The van der Waals surface area contributed by atoms with Crippen LogP contribution in [0.15, 0.2) is 55.3 Å². The molecule has 0 spiro atoms. The molecule has 94 valence electrons. The summed E-state index contributed by atoms with van der Waals surface area (Å²) in [5, 5.41) is 4.54. The fraction of sp³-hybridized carbons (Fsp3) is 0.214. The summed E-state index contributed by atoms with van der Waals surface area (Å²) in [6.45, 7) is 3.72. The van der Waals surface area contributed by atoms with E-state index in [-0.39, 0.29) is 6.04 Å². The van der Waals surface area contributed by atoms with Gasteiger partial charge < -0.3 is 0 Å². The first kappa shape index (κ1) is 12.5. The number of rotatable bonds is 6. The molecule has 4 nitrogen and oxygen atoms in total. The lowest BCUT2D eigenvalue weighted by atomic mass is 10.1. The van der Waals surface area contributed by atoms with Crippen molar-refractivity contribution in [2.45, 2.75) is 18.9 Å². The van der Waals surface area contributed by atoms with Gasteiger partial charge in [0.1, 0.15) is 0 Å². The summed E-state index contributed by atoms with van der Waals surface area (Å²) < 4.78 is 1.85. The van der Waals surface area contributed by atoms with Gasteiger partial charge in [0.05, 0.1) is 17.4 Å². The van der Waals surface area contributed by atoms with Crippen molar-refractivity contribution in [3.8, 4) is 5.69 Å². The lowest BCUT2D eigenvalue weighted by Crippen LogP contribution is -2.28. The van der Waals surface area contributed by atoms with E-state index in [9.17, 15) is 0 Å². The molecule has 3 N–H and O–H groups in total. The van der Waals surface area contributed by atoms with Crippen LogP contribution in [-0.4, -0.2) is 9.78 Å². The summed E-state index contributed by atoms with van der Waals surface area (Å²) in [5.74, 6) is 5.56. The number of hydrazine groups is 1. The Hall–Kier alpha value is -1.91. The van der Waals surface area contributed by atoms with Crippen molar-refractivity contribution < 1.29 is 0 Å². The number of nitrogens with zero attached hydrogens (tertiary/aromatic N) is 2. The number of aromatic nitrogens is 2. The number of hydrogen-bond acceptors (Lipinski definition) is 3. The van der Waals surface area contributed by atoms with Crippen LogP contribution >= 0.6 is 0 Å². The van der Waals surface area contributed by atoms with Crippen LogP contribution in [0.2, 0.25) is 0 Å². The molecule has 1 heterocycles. The van der Waals surface area contributed by atoms with Crippen molar-refractivity contribution in [2.75, 3.05) is 0 Å². The monoisotopic (exact) mass is 242 g/mol. The highest BCUT2D eigenvalue weighted by Crippen LogP contribution is 2.17. The molecule has 0 saturated heterocycles. The summed E-state index contributed by atoms with van der Waals surface area (Å²) in [6, 6.07) is 12.1. The topological polar surface area (TPSA) is 55.9 Å². The molecule has 0 radical (unpaired) electrons. The van der Waals surface area contributed by atoms with E-state index in [0.29, 0.717) is 0 Å². The third kappa shape index (κ3) is 2.85. The number of para-hydroxylation sites is 1. The van der Waals surface area contributed by atoms with E-state index in [1.165, 1.54) is 0 Å². The molecule has 0 aliphatic heterocycles. The van der Waals surface area contributed by atoms with E-state index in [4.69, 9.17) is 5.84 Å². The third-order valence-electron chi connectivity index (χ3n) is 2.85. The predicted molar refractivity (Wildman–Crippen MR) is 73.1 cm³/mol. The molecule has 2 aromatic rings. The first-order valence-corrected chi connectivity index (χ1v) is 6.03. The molecule has 0 saturated carbocycles. The Morgan fingerprint density at radius 2 is 2.11 bits per heavy atom. The molecule has 1 aromatic carbocycles. The normalized spacial score (nSPS) is 12.3.